The van der Waals surface area contributed by atoms with Crippen molar-refractivity contribution in [3.63, 3.8) is 0 Å². The number of amides is 1. The van der Waals surface area contributed by atoms with Gasteiger partial charge in [-0.05, 0) is 36.1 Å². The standard InChI is InChI=1S/C19H20N4O2S/c1-25-14-5-2-4-13(10-14)16-11-17-19(24)21-12-18(23(17)22-16)20-8-7-15-6-3-9-26-15/h2-6,9-11,18,20H,7-8,12H2,1H3,(H,21,24). The highest BCUT2D eigenvalue weighted by atomic mass is 32.1. The Morgan fingerprint density at radius 3 is 3.08 bits per heavy atom. The van der Waals surface area contributed by atoms with Gasteiger partial charge in [0, 0.05) is 17.0 Å². The lowest BCUT2D eigenvalue weighted by Gasteiger charge is -2.25. The monoisotopic (exact) mass is 368 g/mol. The molecule has 2 N–H and O–H groups in total. The Morgan fingerprint density at radius 1 is 1.35 bits per heavy atom. The molecule has 0 radical (unpaired) electrons. The number of hydrogen-bond donors (Lipinski definition) is 2. The van der Waals surface area contributed by atoms with E-state index in [1.54, 1.807) is 23.1 Å². The van der Waals surface area contributed by atoms with E-state index >= 15 is 0 Å². The van der Waals surface area contributed by atoms with Crippen LogP contribution in [0.15, 0.2) is 47.8 Å². The van der Waals surface area contributed by atoms with Crippen molar-refractivity contribution < 1.29 is 9.53 Å². The molecule has 3 heterocycles. The molecule has 1 unspecified atom stereocenters. The van der Waals surface area contributed by atoms with Gasteiger partial charge in [-0.2, -0.15) is 5.10 Å². The summed E-state index contributed by atoms with van der Waals surface area (Å²) in [4.78, 5) is 13.6. The van der Waals surface area contributed by atoms with Gasteiger partial charge in [-0.25, -0.2) is 4.68 Å². The number of carbonyl (C=O) groups excluding carboxylic acids is 1. The third-order valence-electron chi connectivity index (χ3n) is 4.42. The van der Waals surface area contributed by atoms with E-state index in [-0.39, 0.29) is 12.1 Å². The number of carbonyl (C=O) groups is 1. The molecule has 0 spiro atoms. The maximum absolute atomic E-state index is 12.2. The topological polar surface area (TPSA) is 68.2 Å². The van der Waals surface area contributed by atoms with Crippen molar-refractivity contribution in [1.82, 2.24) is 20.4 Å². The largest absolute Gasteiger partial charge is 0.497 e. The lowest BCUT2D eigenvalue weighted by atomic mass is 10.1. The molecule has 6 nitrogen and oxygen atoms in total. The van der Waals surface area contributed by atoms with E-state index in [4.69, 9.17) is 4.74 Å². The third-order valence-corrected chi connectivity index (χ3v) is 5.35. The van der Waals surface area contributed by atoms with Gasteiger partial charge in [0.2, 0.25) is 0 Å². The fraction of sp³-hybridized carbons (Fsp3) is 0.263. The number of hydrogen-bond acceptors (Lipinski definition) is 5. The summed E-state index contributed by atoms with van der Waals surface area (Å²) in [5.74, 6) is 0.673. The first kappa shape index (κ1) is 16.8. The van der Waals surface area contributed by atoms with Crippen LogP contribution in [0.1, 0.15) is 21.5 Å². The van der Waals surface area contributed by atoms with E-state index in [1.807, 2.05) is 30.3 Å². The molecule has 3 aromatic rings. The quantitative estimate of drug-likeness (QED) is 0.702. The van der Waals surface area contributed by atoms with Crippen LogP contribution < -0.4 is 15.4 Å². The fourth-order valence-electron chi connectivity index (χ4n) is 3.07. The summed E-state index contributed by atoms with van der Waals surface area (Å²) in [5, 5.41) is 13.2. The van der Waals surface area contributed by atoms with Gasteiger partial charge in [0.1, 0.15) is 17.6 Å². The first-order valence-electron chi connectivity index (χ1n) is 8.52. The van der Waals surface area contributed by atoms with Crippen molar-refractivity contribution in [3.05, 3.63) is 58.4 Å². The number of rotatable bonds is 6. The number of fused-ring (bicyclic) bond motifs is 1. The highest BCUT2D eigenvalue weighted by Gasteiger charge is 2.27. The second-order valence-electron chi connectivity index (χ2n) is 6.10. The SMILES string of the molecule is COc1cccc(-c2cc3n(n2)C(NCCc2cccs2)CNC3=O)c1. The zero-order valence-corrected chi connectivity index (χ0v) is 15.3. The molecule has 1 atom stereocenters. The van der Waals surface area contributed by atoms with Gasteiger partial charge < -0.3 is 10.1 Å². The number of aromatic nitrogens is 2. The number of methoxy groups -OCH3 is 1. The minimum atomic E-state index is -0.0945. The first-order valence-corrected chi connectivity index (χ1v) is 9.40. The van der Waals surface area contributed by atoms with Crippen LogP contribution in [-0.2, 0) is 6.42 Å². The summed E-state index contributed by atoms with van der Waals surface area (Å²) in [7, 11) is 1.64. The molecule has 0 bridgehead atoms. The molecule has 1 aliphatic heterocycles. The molecule has 2 aromatic heterocycles. The van der Waals surface area contributed by atoms with E-state index in [1.165, 1.54) is 4.88 Å². The Bertz CT molecular complexity index is 904. The lowest BCUT2D eigenvalue weighted by molar-refractivity contribution is 0.0901. The van der Waals surface area contributed by atoms with Crippen molar-refractivity contribution in [3.8, 4) is 17.0 Å². The molecule has 0 saturated carbocycles. The Morgan fingerprint density at radius 2 is 2.27 bits per heavy atom. The summed E-state index contributed by atoms with van der Waals surface area (Å²) in [6.07, 6.45) is 0.906. The maximum Gasteiger partial charge on any atom is 0.269 e. The number of ether oxygens (including phenoxy) is 1. The second kappa shape index (κ2) is 7.31. The van der Waals surface area contributed by atoms with Gasteiger partial charge in [0.25, 0.3) is 5.91 Å². The Kier molecular flexibility index (Phi) is 4.73. The smallest absolute Gasteiger partial charge is 0.269 e. The van der Waals surface area contributed by atoms with Gasteiger partial charge in [0.05, 0.1) is 19.3 Å². The van der Waals surface area contributed by atoms with E-state index < -0.39 is 0 Å². The summed E-state index contributed by atoms with van der Waals surface area (Å²) in [6, 6.07) is 13.7. The number of nitrogens with zero attached hydrogens (tertiary/aromatic N) is 2. The number of nitrogens with one attached hydrogen (secondary N) is 2. The van der Waals surface area contributed by atoms with Crippen LogP contribution in [0, 0.1) is 0 Å². The van der Waals surface area contributed by atoms with Crippen molar-refractivity contribution >= 4 is 17.2 Å². The third kappa shape index (κ3) is 3.36. The molecule has 0 fully saturated rings. The molecule has 1 aromatic carbocycles. The summed E-state index contributed by atoms with van der Waals surface area (Å²) in [6.45, 7) is 1.35. The highest BCUT2D eigenvalue weighted by Crippen LogP contribution is 2.25. The van der Waals surface area contributed by atoms with Crippen LogP contribution >= 0.6 is 11.3 Å². The molecule has 1 amide bonds. The van der Waals surface area contributed by atoms with E-state index in [0.717, 1.165) is 30.0 Å². The van der Waals surface area contributed by atoms with Crippen LogP contribution in [-0.4, -0.2) is 35.9 Å². The van der Waals surface area contributed by atoms with Crippen molar-refractivity contribution in [1.29, 1.82) is 0 Å². The van der Waals surface area contributed by atoms with Crippen LogP contribution in [0.2, 0.25) is 0 Å². The average Bonchev–Trinajstić information content (AvgIpc) is 3.34. The van der Waals surface area contributed by atoms with Gasteiger partial charge >= 0.3 is 0 Å². The molecule has 134 valence electrons. The van der Waals surface area contributed by atoms with E-state index in [9.17, 15) is 4.79 Å². The highest BCUT2D eigenvalue weighted by molar-refractivity contribution is 7.09. The molecule has 1 aliphatic rings. The molecule has 0 aliphatic carbocycles. The minimum absolute atomic E-state index is 0.0537. The lowest BCUT2D eigenvalue weighted by Crippen LogP contribution is -2.45. The predicted octanol–water partition coefficient (Wildman–Crippen LogP) is 2.69. The van der Waals surface area contributed by atoms with Crippen LogP contribution in [0.25, 0.3) is 11.3 Å². The molecule has 4 rings (SSSR count). The van der Waals surface area contributed by atoms with E-state index in [2.05, 4.69) is 33.2 Å². The van der Waals surface area contributed by atoms with Crippen LogP contribution in [0.3, 0.4) is 0 Å². The fourth-order valence-corrected chi connectivity index (χ4v) is 3.78. The van der Waals surface area contributed by atoms with Crippen LogP contribution in [0.5, 0.6) is 5.75 Å². The van der Waals surface area contributed by atoms with Crippen LogP contribution in [0.4, 0.5) is 0 Å². The summed E-state index contributed by atoms with van der Waals surface area (Å²) in [5.41, 5.74) is 2.26. The van der Waals surface area contributed by atoms with Gasteiger partial charge in [-0.3, -0.25) is 10.1 Å². The molecule has 7 heteroatoms. The van der Waals surface area contributed by atoms with Gasteiger partial charge in [-0.1, -0.05) is 18.2 Å². The van der Waals surface area contributed by atoms with Crippen molar-refractivity contribution in [2.45, 2.75) is 12.6 Å². The van der Waals surface area contributed by atoms with Gasteiger partial charge in [-0.15, -0.1) is 11.3 Å². The number of benzene rings is 1. The Labute approximate surface area is 155 Å². The summed E-state index contributed by atoms with van der Waals surface area (Å²) < 4.78 is 7.08. The molecular formula is C19H20N4O2S. The zero-order chi connectivity index (χ0) is 17.9. The summed E-state index contributed by atoms with van der Waals surface area (Å²) >= 11 is 1.76. The first-order chi connectivity index (χ1) is 12.7. The molecule has 0 saturated heterocycles. The maximum atomic E-state index is 12.2. The minimum Gasteiger partial charge on any atom is -0.497 e. The Balaban J connectivity index is 1.55. The van der Waals surface area contributed by atoms with Crippen molar-refractivity contribution in [2.24, 2.45) is 0 Å². The Hall–Kier alpha value is -2.64. The zero-order valence-electron chi connectivity index (χ0n) is 14.4. The van der Waals surface area contributed by atoms with E-state index in [0.29, 0.717) is 12.2 Å². The average molecular weight is 368 g/mol. The molecule has 26 heavy (non-hydrogen) atoms. The van der Waals surface area contributed by atoms with Crippen molar-refractivity contribution in [2.75, 3.05) is 20.2 Å². The second-order valence-corrected chi connectivity index (χ2v) is 7.13. The van der Waals surface area contributed by atoms with Gasteiger partial charge in [0.15, 0.2) is 0 Å². The normalized spacial score (nSPS) is 16.2. The predicted molar refractivity (Wildman–Crippen MR) is 102 cm³/mol. The number of thiophene rings is 1. The molecular weight excluding hydrogens is 348 g/mol.